The van der Waals surface area contributed by atoms with Crippen LogP contribution in [-0.2, 0) is 39.0 Å². The third-order valence-corrected chi connectivity index (χ3v) is 12.2. The first kappa shape index (κ1) is 56.5. The lowest BCUT2D eigenvalue weighted by Gasteiger charge is -2.20. The van der Waals surface area contributed by atoms with Crippen LogP contribution < -0.4 is 0 Å². The molecule has 1 unspecified atom stereocenters. The molecule has 2 rings (SSSR count). The molecule has 12 heteroatoms. The minimum absolute atomic E-state index is 0.0216. The number of carbonyl (C=O) groups is 2. The van der Waals surface area contributed by atoms with Crippen LogP contribution in [0.2, 0.25) is 0 Å². The van der Waals surface area contributed by atoms with Crippen molar-refractivity contribution in [3.05, 3.63) is 59.7 Å². The molecule has 0 saturated carbocycles. The number of aryl methyl sites for hydroxylation is 1. The number of carbonyl (C=O) groups excluding carboxylic acids is 2. The topological polar surface area (TPSA) is 158 Å². The van der Waals surface area contributed by atoms with E-state index in [2.05, 4.69) is 38.1 Å². The van der Waals surface area contributed by atoms with E-state index in [-0.39, 0.29) is 19.6 Å². The molecular formula is C51H85O11P. The van der Waals surface area contributed by atoms with Gasteiger partial charge in [0.2, 0.25) is 0 Å². The summed E-state index contributed by atoms with van der Waals surface area (Å²) >= 11 is 0. The molecule has 0 aliphatic carbocycles. The minimum atomic E-state index is -4.58. The monoisotopic (exact) mass is 905 g/mol. The Kier molecular flexibility index (Phi) is 33.7. The van der Waals surface area contributed by atoms with E-state index in [4.69, 9.17) is 28.4 Å². The van der Waals surface area contributed by atoms with Gasteiger partial charge in [-0.1, -0.05) is 179 Å². The zero-order chi connectivity index (χ0) is 45.6. The lowest BCUT2D eigenvalue weighted by Crippen LogP contribution is -2.29. The van der Waals surface area contributed by atoms with E-state index in [1.165, 1.54) is 128 Å². The van der Waals surface area contributed by atoms with Gasteiger partial charge in [-0.2, -0.15) is 0 Å². The summed E-state index contributed by atoms with van der Waals surface area (Å²) in [4.78, 5) is 35.4. The number of rotatable bonds is 42. The zero-order valence-electron chi connectivity index (χ0n) is 39.2. The highest BCUT2D eigenvalue weighted by Crippen LogP contribution is 2.43. The summed E-state index contributed by atoms with van der Waals surface area (Å²) in [5.41, 5.74) is 3.97. The maximum atomic E-state index is 12.7. The van der Waals surface area contributed by atoms with Gasteiger partial charge in [0.15, 0.2) is 0 Å². The molecular weight excluding hydrogens is 820 g/mol. The van der Waals surface area contributed by atoms with E-state index in [1.54, 1.807) is 12.1 Å². The fraction of sp³-hybridized carbons (Fsp3) is 0.725. The first-order valence-corrected chi connectivity index (χ1v) is 26.2. The predicted octanol–water partition coefficient (Wildman–Crippen LogP) is 12.7. The van der Waals surface area contributed by atoms with Crippen molar-refractivity contribution in [1.82, 2.24) is 0 Å². The Hall–Kier alpha value is -2.63. The van der Waals surface area contributed by atoms with Gasteiger partial charge in [0, 0.05) is 13.0 Å². The number of esters is 2. The fourth-order valence-corrected chi connectivity index (χ4v) is 8.13. The van der Waals surface area contributed by atoms with E-state index in [1.807, 2.05) is 12.1 Å². The van der Waals surface area contributed by atoms with Gasteiger partial charge in [0.25, 0.3) is 0 Å². The van der Waals surface area contributed by atoms with Crippen molar-refractivity contribution in [3.8, 4) is 11.1 Å². The molecule has 3 N–H and O–H groups in total. The Morgan fingerprint density at radius 2 is 1.03 bits per heavy atom. The number of ether oxygens (including phenoxy) is 3. The molecule has 0 saturated heterocycles. The van der Waals surface area contributed by atoms with Gasteiger partial charge >= 0.3 is 19.8 Å². The van der Waals surface area contributed by atoms with Crippen molar-refractivity contribution < 1.29 is 52.5 Å². The Balaban J connectivity index is 1.63. The summed E-state index contributed by atoms with van der Waals surface area (Å²) in [6, 6.07) is 16.1. The van der Waals surface area contributed by atoms with E-state index in [0.717, 1.165) is 36.8 Å². The molecule has 0 heterocycles. The van der Waals surface area contributed by atoms with E-state index < -0.39 is 51.8 Å². The lowest BCUT2D eigenvalue weighted by molar-refractivity contribution is -0.154. The van der Waals surface area contributed by atoms with Crippen molar-refractivity contribution in [2.45, 2.75) is 199 Å². The molecule has 11 nitrogen and oxygen atoms in total. The van der Waals surface area contributed by atoms with Crippen molar-refractivity contribution in [3.63, 3.8) is 0 Å². The third kappa shape index (κ3) is 30.3. The third-order valence-electron chi connectivity index (χ3n) is 11.3. The Labute approximate surface area is 381 Å². The minimum Gasteiger partial charge on any atom is -0.462 e. The summed E-state index contributed by atoms with van der Waals surface area (Å²) in [7, 11) is -4.58. The number of aliphatic hydroxyl groups excluding tert-OH is 2. The molecule has 2 aromatic carbocycles. The van der Waals surface area contributed by atoms with Crippen LogP contribution in [0.3, 0.4) is 0 Å². The number of phosphoric acid groups is 1. The van der Waals surface area contributed by atoms with Gasteiger partial charge in [-0.15, -0.1) is 0 Å². The van der Waals surface area contributed by atoms with E-state index >= 15 is 0 Å². The van der Waals surface area contributed by atoms with Crippen LogP contribution in [0.25, 0.3) is 11.1 Å². The first-order valence-electron chi connectivity index (χ1n) is 24.7. The molecule has 0 fully saturated rings. The molecule has 0 spiro atoms. The standard InChI is InChI=1S/C51H85O11P/c1-3-5-7-9-11-12-13-14-15-16-17-18-19-20-22-26-38-58-42-49(43-61-63(56,57)60-41-48(53)40-52)62-50(54)29-25-23-27-39-59-51(55)47-36-34-46(35-37-47)45-32-30-44(31-33-45)28-24-21-10-8-6-4-2/h30-37,48-49,52-53H,3-29,38-43H2,1-2H3,(H,56,57)/t48-,49+/m0/s1. The smallest absolute Gasteiger partial charge is 0.462 e. The second kappa shape index (κ2) is 37.6. The van der Waals surface area contributed by atoms with Gasteiger partial charge in [0.1, 0.15) is 12.2 Å². The van der Waals surface area contributed by atoms with Gasteiger partial charge in [-0.25, -0.2) is 9.36 Å². The Morgan fingerprint density at radius 1 is 0.571 bits per heavy atom. The number of benzene rings is 2. The van der Waals surface area contributed by atoms with E-state index in [9.17, 15) is 24.2 Å². The summed E-state index contributed by atoms with van der Waals surface area (Å²) < 4.78 is 38.9. The molecule has 63 heavy (non-hydrogen) atoms. The molecule has 0 bridgehead atoms. The van der Waals surface area contributed by atoms with Crippen molar-refractivity contribution >= 4 is 19.8 Å². The van der Waals surface area contributed by atoms with Crippen LogP contribution in [0.1, 0.15) is 197 Å². The maximum absolute atomic E-state index is 12.7. The number of hydrogen-bond donors (Lipinski definition) is 3. The van der Waals surface area contributed by atoms with Gasteiger partial charge in [0.05, 0.1) is 38.6 Å². The Morgan fingerprint density at radius 3 is 1.57 bits per heavy atom. The molecule has 2 aromatic rings. The summed E-state index contributed by atoms with van der Waals surface area (Å²) in [5.74, 6) is -0.905. The quantitative estimate of drug-likeness (QED) is 0.0331. The molecule has 0 aliphatic heterocycles. The van der Waals surface area contributed by atoms with Gasteiger partial charge in [-0.3, -0.25) is 13.8 Å². The summed E-state index contributed by atoms with van der Waals surface area (Å²) in [5, 5.41) is 18.4. The normalized spacial score (nSPS) is 13.4. The fourth-order valence-electron chi connectivity index (χ4n) is 7.34. The molecule has 3 atom stereocenters. The maximum Gasteiger partial charge on any atom is 0.472 e. The number of unbranched alkanes of at least 4 members (excludes halogenated alkanes) is 22. The largest absolute Gasteiger partial charge is 0.472 e. The lowest BCUT2D eigenvalue weighted by atomic mass is 10.00. The molecule has 0 radical (unpaired) electrons. The van der Waals surface area contributed by atoms with Crippen LogP contribution in [-0.4, -0.2) is 78.9 Å². The van der Waals surface area contributed by atoms with Gasteiger partial charge in [-0.05, 0) is 67.3 Å². The van der Waals surface area contributed by atoms with Crippen molar-refractivity contribution in [2.75, 3.05) is 39.6 Å². The summed E-state index contributed by atoms with van der Waals surface area (Å²) in [6.07, 6.45) is 28.7. The first-order chi connectivity index (χ1) is 30.7. The SMILES string of the molecule is CCCCCCCCCCCCCCCCCCOC[C@H](COP(=O)(O)OC[C@@H](O)CO)OC(=O)CCCCCOC(=O)c1ccc(-c2ccc(CCCCCCCC)cc2)cc1. The summed E-state index contributed by atoms with van der Waals surface area (Å²) in [6.45, 7) is 3.47. The van der Waals surface area contributed by atoms with Crippen LogP contribution in [0.5, 0.6) is 0 Å². The highest BCUT2D eigenvalue weighted by atomic mass is 31.2. The zero-order valence-corrected chi connectivity index (χ0v) is 40.1. The van der Waals surface area contributed by atoms with Crippen LogP contribution in [0.15, 0.2) is 48.5 Å². The number of phosphoric ester groups is 1. The molecule has 0 amide bonds. The van der Waals surface area contributed by atoms with E-state index in [0.29, 0.717) is 31.4 Å². The van der Waals surface area contributed by atoms with Crippen molar-refractivity contribution in [2.24, 2.45) is 0 Å². The van der Waals surface area contributed by atoms with Crippen LogP contribution in [0.4, 0.5) is 0 Å². The second-order valence-electron chi connectivity index (χ2n) is 17.1. The van der Waals surface area contributed by atoms with Crippen LogP contribution >= 0.6 is 7.82 Å². The van der Waals surface area contributed by atoms with Crippen molar-refractivity contribution in [1.29, 1.82) is 0 Å². The van der Waals surface area contributed by atoms with Gasteiger partial charge < -0.3 is 29.3 Å². The molecule has 360 valence electrons. The number of aliphatic hydroxyl groups is 2. The highest BCUT2D eigenvalue weighted by Gasteiger charge is 2.26. The Bertz CT molecular complexity index is 1450. The number of hydrogen-bond acceptors (Lipinski definition) is 10. The molecule has 0 aromatic heterocycles. The molecule has 0 aliphatic rings. The predicted molar refractivity (Wildman–Crippen MR) is 253 cm³/mol. The van der Waals surface area contributed by atoms with Crippen LogP contribution in [0, 0.1) is 0 Å². The average molecular weight is 905 g/mol. The highest BCUT2D eigenvalue weighted by molar-refractivity contribution is 7.47. The second-order valence-corrected chi connectivity index (χ2v) is 18.6. The average Bonchev–Trinajstić information content (AvgIpc) is 3.29.